The first-order valence-corrected chi connectivity index (χ1v) is 5.15. The molecule has 1 aromatic heterocycles. The topological polar surface area (TPSA) is 82.5 Å². The number of aliphatic hydroxyl groups excluding tert-OH is 1. The highest BCUT2D eigenvalue weighted by Crippen LogP contribution is 2.17. The fraction of sp³-hybridized carbons (Fsp3) is 0.455. The Morgan fingerprint density at radius 3 is 2.81 bits per heavy atom. The van der Waals surface area contributed by atoms with Crippen LogP contribution in [0.1, 0.15) is 29.4 Å². The molecule has 1 aromatic rings. The van der Waals surface area contributed by atoms with Gasteiger partial charge in [-0.05, 0) is 19.4 Å². The Morgan fingerprint density at radius 1 is 1.62 bits per heavy atom. The van der Waals surface area contributed by atoms with Gasteiger partial charge in [0.1, 0.15) is 5.56 Å². The van der Waals surface area contributed by atoms with Gasteiger partial charge in [-0.15, -0.1) is 0 Å². The van der Waals surface area contributed by atoms with Crippen molar-refractivity contribution in [2.75, 3.05) is 11.9 Å². The maximum absolute atomic E-state index is 10.9. The van der Waals surface area contributed by atoms with E-state index < -0.39 is 5.97 Å². The van der Waals surface area contributed by atoms with Crippen molar-refractivity contribution in [3.8, 4) is 0 Å². The number of aromatic nitrogens is 1. The molecular formula is C11H16N2O3. The van der Waals surface area contributed by atoms with E-state index in [0.717, 1.165) is 12.1 Å². The van der Waals surface area contributed by atoms with Crippen molar-refractivity contribution < 1.29 is 15.0 Å². The Kier molecular flexibility index (Phi) is 4.25. The van der Waals surface area contributed by atoms with Crippen molar-refractivity contribution in [1.82, 2.24) is 4.98 Å². The Hall–Kier alpha value is -1.62. The summed E-state index contributed by atoms with van der Waals surface area (Å²) >= 11 is 0. The van der Waals surface area contributed by atoms with Gasteiger partial charge in [-0.1, -0.05) is 6.92 Å². The summed E-state index contributed by atoms with van der Waals surface area (Å²) in [6.45, 7) is 3.68. The molecule has 0 amide bonds. The molecule has 0 saturated heterocycles. The van der Waals surface area contributed by atoms with Crippen LogP contribution in [0.4, 0.5) is 5.69 Å². The number of carboxylic acid groups (broad SMARTS) is 1. The number of aromatic carboxylic acids is 1. The lowest BCUT2D eigenvalue weighted by Gasteiger charge is -2.17. The highest BCUT2D eigenvalue weighted by Gasteiger charge is 2.13. The maximum atomic E-state index is 10.9. The van der Waals surface area contributed by atoms with E-state index in [0.29, 0.717) is 5.69 Å². The van der Waals surface area contributed by atoms with Gasteiger partial charge < -0.3 is 15.5 Å². The predicted octanol–water partition coefficient (Wildman–Crippen LogP) is 1.27. The predicted molar refractivity (Wildman–Crippen MR) is 60.7 cm³/mol. The van der Waals surface area contributed by atoms with Gasteiger partial charge in [-0.25, -0.2) is 4.79 Å². The van der Waals surface area contributed by atoms with E-state index in [1.807, 2.05) is 6.92 Å². The minimum Gasteiger partial charge on any atom is -0.478 e. The molecule has 1 unspecified atom stereocenters. The number of nitrogens with one attached hydrogen (secondary N) is 1. The number of nitrogens with zero attached hydrogens (tertiary/aromatic N) is 1. The highest BCUT2D eigenvalue weighted by molar-refractivity contribution is 5.93. The van der Waals surface area contributed by atoms with Crippen molar-refractivity contribution >= 4 is 11.7 Å². The smallest absolute Gasteiger partial charge is 0.339 e. The van der Waals surface area contributed by atoms with E-state index in [1.165, 1.54) is 6.20 Å². The fourth-order valence-electron chi connectivity index (χ4n) is 1.35. The molecule has 0 aliphatic rings. The largest absolute Gasteiger partial charge is 0.478 e. The normalized spacial score (nSPS) is 12.2. The van der Waals surface area contributed by atoms with E-state index in [1.54, 1.807) is 13.0 Å². The third-order valence-electron chi connectivity index (χ3n) is 2.34. The van der Waals surface area contributed by atoms with Crippen LogP contribution >= 0.6 is 0 Å². The Balaban J connectivity index is 3.00. The molecule has 5 nitrogen and oxygen atoms in total. The molecule has 0 saturated carbocycles. The van der Waals surface area contributed by atoms with E-state index in [9.17, 15) is 4.79 Å². The quantitative estimate of drug-likeness (QED) is 0.701. The lowest BCUT2D eigenvalue weighted by molar-refractivity contribution is 0.0697. The van der Waals surface area contributed by atoms with Crippen LogP contribution in [0, 0.1) is 6.92 Å². The second-order valence-electron chi connectivity index (χ2n) is 3.61. The van der Waals surface area contributed by atoms with Crippen LogP contribution in [0.25, 0.3) is 0 Å². The number of hydrogen-bond donors (Lipinski definition) is 3. The first-order chi connectivity index (χ1) is 7.58. The van der Waals surface area contributed by atoms with Gasteiger partial charge in [0.2, 0.25) is 0 Å². The van der Waals surface area contributed by atoms with E-state index >= 15 is 0 Å². The standard InChI is InChI=1S/C11H16N2O3/c1-3-8(6-14)13-10-4-7(2)12-5-9(10)11(15)16/h4-5,8,14H,3,6H2,1-2H3,(H,12,13)(H,15,16). The zero-order valence-electron chi connectivity index (χ0n) is 9.40. The Labute approximate surface area is 94.1 Å². The molecule has 16 heavy (non-hydrogen) atoms. The lowest BCUT2D eigenvalue weighted by atomic mass is 10.1. The van der Waals surface area contributed by atoms with Crippen LogP contribution in [-0.4, -0.2) is 33.8 Å². The average Bonchev–Trinajstić information content (AvgIpc) is 2.25. The van der Waals surface area contributed by atoms with Gasteiger partial charge in [-0.2, -0.15) is 0 Å². The van der Waals surface area contributed by atoms with Gasteiger partial charge in [0.25, 0.3) is 0 Å². The number of rotatable bonds is 5. The van der Waals surface area contributed by atoms with Gasteiger partial charge in [0.15, 0.2) is 0 Å². The van der Waals surface area contributed by atoms with Crippen LogP contribution in [0.3, 0.4) is 0 Å². The first-order valence-electron chi connectivity index (χ1n) is 5.15. The molecule has 0 aromatic carbocycles. The summed E-state index contributed by atoms with van der Waals surface area (Å²) in [7, 11) is 0. The van der Waals surface area contributed by atoms with Crippen LogP contribution < -0.4 is 5.32 Å². The summed E-state index contributed by atoms with van der Waals surface area (Å²) in [5, 5.41) is 21.0. The van der Waals surface area contributed by atoms with Crippen molar-refractivity contribution in [2.24, 2.45) is 0 Å². The molecule has 0 fully saturated rings. The highest BCUT2D eigenvalue weighted by atomic mass is 16.4. The lowest BCUT2D eigenvalue weighted by Crippen LogP contribution is -2.24. The molecule has 0 aliphatic carbocycles. The number of pyridine rings is 1. The van der Waals surface area contributed by atoms with Gasteiger partial charge in [0.05, 0.1) is 12.3 Å². The molecule has 1 rings (SSSR count). The second-order valence-corrected chi connectivity index (χ2v) is 3.61. The fourth-order valence-corrected chi connectivity index (χ4v) is 1.35. The van der Waals surface area contributed by atoms with Crippen molar-refractivity contribution in [3.63, 3.8) is 0 Å². The second kappa shape index (κ2) is 5.46. The molecule has 0 aliphatic heterocycles. The number of carboxylic acids is 1. The summed E-state index contributed by atoms with van der Waals surface area (Å²) in [6, 6.07) is 1.53. The minimum atomic E-state index is -1.03. The first kappa shape index (κ1) is 12.4. The molecule has 0 radical (unpaired) electrons. The van der Waals surface area contributed by atoms with E-state index in [-0.39, 0.29) is 18.2 Å². The van der Waals surface area contributed by atoms with Crippen LogP contribution in [0.15, 0.2) is 12.3 Å². The van der Waals surface area contributed by atoms with Crippen molar-refractivity contribution in [1.29, 1.82) is 0 Å². The Bertz CT molecular complexity index is 375. The molecule has 0 bridgehead atoms. The molecule has 1 atom stereocenters. The maximum Gasteiger partial charge on any atom is 0.339 e. The number of aryl methyl sites for hydroxylation is 1. The third-order valence-corrected chi connectivity index (χ3v) is 2.34. The molecule has 3 N–H and O–H groups in total. The summed E-state index contributed by atoms with van der Waals surface area (Å²) in [5.41, 5.74) is 1.36. The monoisotopic (exact) mass is 224 g/mol. The van der Waals surface area contributed by atoms with E-state index in [2.05, 4.69) is 10.3 Å². The van der Waals surface area contributed by atoms with Gasteiger partial charge in [-0.3, -0.25) is 4.98 Å². The summed E-state index contributed by atoms with van der Waals surface area (Å²) in [4.78, 5) is 14.9. The average molecular weight is 224 g/mol. The zero-order chi connectivity index (χ0) is 12.1. The zero-order valence-corrected chi connectivity index (χ0v) is 9.40. The van der Waals surface area contributed by atoms with Crippen molar-refractivity contribution in [3.05, 3.63) is 23.5 Å². The van der Waals surface area contributed by atoms with Crippen LogP contribution in [-0.2, 0) is 0 Å². The summed E-state index contributed by atoms with van der Waals surface area (Å²) in [5.74, 6) is -1.03. The van der Waals surface area contributed by atoms with Crippen LogP contribution in [0.5, 0.6) is 0 Å². The number of anilines is 1. The molecule has 88 valence electrons. The Morgan fingerprint density at radius 2 is 2.31 bits per heavy atom. The summed E-state index contributed by atoms with van der Waals surface area (Å²) < 4.78 is 0. The third kappa shape index (κ3) is 2.93. The molecule has 0 spiro atoms. The van der Waals surface area contributed by atoms with E-state index in [4.69, 9.17) is 10.2 Å². The van der Waals surface area contributed by atoms with Gasteiger partial charge >= 0.3 is 5.97 Å². The molecule has 5 heteroatoms. The number of hydrogen-bond acceptors (Lipinski definition) is 4. The molecule has 1 heterocycles. The SMILES string of the molecule is CCC(CO)Nc1cc(C)ncc1C(=O)O. The number of aliphatic hydroxyl groups is 1. The molecular weight excluding hydrogens is 208 g/mol. The minimum absolute atomic E-state index is 0.0308. The summed E-state index contributed by atoms with van der Waals surface area (Å²) in [6.07, 6.45) is 2.04. The van der Waals surface area contributed by atoms with Crippen LogP contribution in [0.2, 0.25) is 0 Å². The van der Waals surface area contributed by atoms with Crippen molar-refractivity contribution in [2.45, 2.75) is 26.3 Å². The van der Waals surface area contributed by atoms with Gasteiger partial charge in [0, 0.05) is 17.9 Å². The number of carbonyl (C=O) groups is 1.